The van der Waals surface area contributed by atoms with Crippen molar-refractivity contribution in [1.29, 1.82) is 0 Å². The van der Waals surface area contributed by atoms with Crippen LogP contribution in [-0.4, -0.2) is 40.2 Å². The number of carbonyl (C=O) groups excluding carboxylic acids is 3. The summed E-state index contributed by atoms with van der Waals surface area (Å²) in [5.41, 5.74) is 1.99. The van der Waals surface area contributed by atoms with E-state index in [-0.39, 0.29) is 12.5 Å². The van der Waals surface area contributed by atoms with Gasteiger partial charge >= 0.3 is 5.97 Å². The zero-order valence-electron chi connectivity index (χ0n) is 17.8. The van der Waals surface area contributed by atoms with E-state index in [1.807, 2.05) is 11.6 Å². The van der Waals surface area contributed by atoms with Gasteiger partial charge in [0.1, 0.15) is 16.3 Å². The first-order chi connectivity index (χ1) is 14.7. The van der Waals surface area contributed by atoms with Gasteiger partial charge in [-0.2, -0.15) is 5.10 Å². The predicted octanol–water partition coefficient (Wildman–Crippen LogP) is 3.59. The number of aromatic nitrogens is 2. The van der Waals surface area contributed by atoms with E-state index in [0.29, 0.717) is 22.2 Å². The van der Waals surface area contributed by atoms with E-state index in [2.05, 4.69) is 24.3 Å². The molecule has 0 radical (unpaired) electrons. The minimum atomic E-state index is -1.04. The lowest BCUT2D eigenvalue weighted by Crippen LogP contribution is -2.47. The normalized spacial score (nSPS) is 14.5. The number of amides is 2. The molecule has 2 amide bonds. The molecule has 0 spiro atoms. The average molecular weight is 441 g/mol. The molecule has 9 heteroatoms. The fraction of sp³-hybridized carbons (Fsp3) is 0.364. The van der Waals surface area contributed by atoms with Crippen LogP contribution in [0.1, 0.15) is 36.1 Å². The number of hydrogen-bond acceptors (Lipinski definition) is 6. The van der Waals surface area contributed by atoms with Crippen LogP contribution in [-0.2, 0) is 20.9 Å². The quantitative estimate of drug-likeness (QED) is 0.612. The topological polar surface area (TPSA) is 93.5 Å². The van der Waals surface area contributed by atoms with Crippen LogP contribution in [0.5, 0.6) is 0 Å². The number of nitrogens with zero attached hydrogens (tertiary/aromatic N) is 3. The van der Waals surface area contributed by atoms with E-state index >= 15 is 0 Å². The highest BCUT2D eigenvalue weighted by molar-refractivity contribution is 7.20. The second-order valence-electron chi connectivity index (χ2n) is 8.03. The third-order valence-corrected chi connectivity index (χ3v) is 6.14. The minimum Gasteiger partial charge on any atom is -0.448 e. The number of nitrogens with one attached hydrogen (secondary N) is 1. The Kier molecular flexibility index (Phi) is 5.53. The maximum absolute atomic E-state index is 13.0. The molecule has 0 saturated carbocycles. The Morgan fingerprint density at radius 3 is 2.74 bits per heavy atom. The molecule has 0 saturated heterocycles. The highest BCUT2D eigenvalue weighted by atomic mass is 32.1. The fourth-order valence-electron chi connectivity index (χ4n) is 3.60. The first-order valence-corrected chi connectivity index (χ1v) is 10.9. The first kappa shape index (κ1) is 21.0. The third-order valence-electron chi connectivity index (χ3n) is 5.01. The van der Waals surface area contributed by atoms with Gasteiger partial charge in [0.15, 0.2) is 6.10 Å². The summed E-state index contributed by atoms with van der Waals surface area (Å²) in [6, 6.07) is 8.80. The number of ether oxygens (including phenoxy) is 1. The van der Waals surface area contributed by atoms with Crippen LogP contribution in [0.15, 0.2) is 30.3 Å². The summed E-state index contributed by atoms with van der Waals surface area (Å²) < 4.78 is 7.39. The Morgan fingerprint density at radius 1 is 1.26 bits per heavy atom. The van der Waals surface area contributed by atoms with Crippen LogP contribution in [0.4, 0.5) is 11.4 Å². The van der Waals surface area contributed by atoms with Crippen molar-refractivity contribution in [3.63, 3.8) is 0 Å². The number of para-hydroxylation sites is 2. The van der Waals surface area contributed by atoms with Crippen LogP contribution in [0.25, 0.3) is 10.2 Å². The molecule has 1 aliphatic rings. The Morgan fingerprint density at radius 2 is 2.00 bits per heavy atom. The Bertz CT molecular complexity index is 1180. The Balaban J connectivity index is 1.52. The van der Waals surface area contributed by atoms with E-state index < -0.39 is 18.0 Å². The van der Waals surface area contributed by atoms with E-state index in [1.54, 1.807) is 30.3 Å². The Hall–Kier alpha value is -3.20. The first-order valence-electron chi connectivity index (χ1n) is 10.1. The number of aryl methyl sites for hydroxylation is 1. The van der Waals surface area contributed by atoms with E-state index in [0.717, 1.165) is 22.5 Å². The summed E-state index contributed by atoms with van der Waals surface area (Å²) in [6.07, 6.45) is -1.04. The molecule has 0 bridgehead atoms. The second kappa shape index (κ2) is 8.14. The maximum Gasteiger partial charge on any atom is 0.349 e. The van der Waals surface area contributed by atoms with Crippen molar-refractivity contribution in [2.75, 3.05) is 16.8 Å². The van der Waals surface area contributed by atoms with Gasteiger partial charge in [0, 0.05) is 11.9 Å². The molecule has 1 aromatic carbocycles. The van der Waals surface area contributed by atoms with Crippen molar-refractivity contribution in [2.45, 2.75) is 40.3 Å². The molecule has 8 nitrogen and oxygen atoms in total. The molecule has 3 heterocycles. The summed E-state index contributed by atoms with van der Waals surface area (Å²) in [6.45, 7) is 8.28. The lowest BCUT2D eigenvalue weighted by molar-refractivity contribution is -0.128. The van der Waals surface area contributed by atoms with Gasteiger partial charge in [-0.15, -0.1) is 11.3 Å². The maximum atomic E-state index is 13.0. The SMILES string of the molecule is Cc1nn(CC(C)C)c2sc(C(=O)O[C@H](C)C(=O)N3CC(=O)Nc4ccccc43)cc12. The summed E-state index contributed by atoms with van der Waals surface area (Å²) in [4.78, 5) is 40.4. The molecule has 4 rings (SSSR count). The lowest BCUT2D eigenvalue weighted by atomic mass is 10.1. The molecular formula is C22H24N4O4S. The minimum absolute atomic E-state index is 0.120. The van der Waals surface area contributed by atoms with Gasteiger partial charge in [-0.1, -0.05) is 26.0 Å². The van der Waals surface area contributed by atoms with Crippen molar-refractivity contribution in [3.05, 3.63) is 40.9 Å². The number of hydrogen-bond donors (Lipinski definition) is 1. The van der Waals surface area contributed by atoms with E-state index in [4.69, 9.17) is 4.74 Å². The molecule has 3 aromatic rings. The summed E-state index contributed by atoms with van der Waals surface area (Å²) >= 11 is 1.31. The van der Waals surface area contributed by atoms with Crippen LogP contribution in [0, 0.1) is 12.8 Å². The number of rotatable bonds is 5. The molecule has 2 aromatic heterocycles. The highest BCUT2D eigenvalue weighted by Crippen LogP contribution is 2.31. The lowest BCUT2D eigenvalue weighted by Gasteiger charge is -2.30. The number of esters is 1. The van der Waals surface area contributed by atoms with Gasteiger partial charge in [-0.3, -0.25) is 19.2 Å². The van der Waals surface area contributed by atoms with Crippen LogP contribution >= 0.6 is 11.3 Å². The molecule has 1 atom stereocenters. The van der Waals surface area contributed by atoms with Gasteiger partial charge < -0.3 is 10.1 Å². The molecule has 1 aliphatic heterocycles. The predicted molar refractivity (Wildman–Crippen MR) is 119 cm³/mol. The Labute approximate surface area is 183 Å². The fourth-order valence-corrected chi connectivity index (χ4v) is 4.66. The molecule has 1 N–H and O–H groups in total. The molecule has 0 unspecified atom stereocenters. The molecule has 162 valence electrons. The number of anilines is 2. The summed E-state index contributed by atoms with van der Waals surface area (Å²) in [5.74, 6) is -0.881. The third kappa shape index (κ3) is 4.05. The van der Waals surface area contributed by atoms with Crippen molar-refractivity contribution in [2.24, 2.45) is 5.92 Å². The van der Waals surface area contributed by atoms with Gasteiger partial charge in [0.25, 0.3) is 5.91 Å². The van der Waals surface area contributed by atoms with Crippen molar-refractivity contribution in [3.8, 4) is 0 Å². The second-order valence-corrected chi connectivity index (χ2v) is 9.06. The van der Waals surface area contributed by atoms with Crippen molar-refractivity contribution < 1.29 is 19.1 Å². The molecule has 0 fully saturated rings. The summed E-state index contributed by atoms with van der Waals surface area (Å²) in [5, 5.41) is 8.20. The standard InChI is InChI=1S/C22H24N4O4S/c1-12(2)10-26-21-15(13(3)24-26)9-18(31-21)22(29)30-14(4)20(28)25-11-19(27)23-16-7-5-6-8-17(16)25/h5-9,12,14H,10-11H2,1-4H3,(H,23,27)/t14-/m1/s1. The van der Waals surface area contributed by atoms with Crippen molar-refractivity contribution in [1.82, 2.24) is 9.78 Å². The zero-order valence-corrected chi connectivity index (χ0v) is 18.7. The van der Waals surface area contributed by atoms with Gasteiger partial charge in [-0.05, 0) is 38.0 Å². The van der Waals surface area contributed by atoms with E-state index in [1.165, 1.54) is 23.2 Å². The molecule has 0 aliphatic carbocycles. The van der Waals surface area contributed by atoms with E-state index in [9.17, 15) is 14.4 Å². The highest BCUT2D eigenvalue weighted by Gasteiger charge is 2.32. The monoisotopic (exact) mass is 440 g/mol. The number of carbonyl (C=O) groups is 3. The number of thiophene rings is 1. The van der Waals surface area contributed by atoms with Crippen molar-refractivity contribution >= 4 is 50.7 Å². The van der Waals surface area contributed by atoms with Crippen LogP contribution in [0.2, 0.25) is 0 Å². The molecular weight excluding hydrogens is 416 g/mol. The van der Waals surface area contributed by atoms with Crippen LogP contribution < -0.4 is 10.2 Å². The zero-order chi connectivity index (χ0) is 22.3. The van der Waals surface area contributed by atoms with Gasteiger partial charge in [-0.25, -0.2) is 4.79 Å². The molecule has 31 heavy (non-hydrogen) atoms. The van der Waals surface area contributed by atoms with Gasteiger partial charge in [0.2, 0.25) is 5.91 Å². The summed E-state index contributed by atoms with van der Waals surface area (Å²) in [7, 11) is 0. The largest absolute Gasteiger partial charge is 0.448 e. The number of benzene rings is 1. The smallest absolute Gasteiger partial charge is 0.349 e. The van der Waals surface area contributed by atoms with Gasteiger partial charge in [0.05, 0.1) is 17.1 Å². The average Bonchev–Trinajstić information content (AvgIpc) is 3.28. The van der Waals surface area contributed by atoms with Crippen LogP contribution in [0.3, 0.4) is 0 Å². The number of fused-ring (bicyclic) bond motifs is 2.